The Morgan fingerprint density at radius 1 is 1.16 bits per heavy atom. The monoisotopic (exact) mass is 268 g/mol. The topological polar surface area (TPSA) is 81.9 Å². The molecule has 1 heterocycles. The van der Waals surface area contributed by atoms with Gasteiger partial charge in [-0.1, -0.05) is 29.4 Å². The molecule has 1 N–H and O–H groups in total. The second kappa shape index (κ2) is 4.61. The molecule has 3 aromatic rings. The van der Waals surface area contributed by atoms with E-state index in [2.05, 4.69) is 15.0 Å². The van der Waals surface area contributed by atoms with Gasteiger partial charge >= 0.3 is 0 Å². The smallest absolute Gasteiger partial charge is 0.128 e. The average Bonchev–Trinajstić information content (AvgIpc) is 2.84. The van der Waals surface area contributed by atoms with Crippen molar-refractivity contribution in [3.8, 4) is 16.3 Å². The van der Waals surface area contributed by atoms with Crippen LogP contribution in [0.2, 0.25) is 0 Å². The van der Waals surface area contributed by atoms with Crippen LogP contribution in [0.5, 0.6) is 5.75 Å². The largest absolute Gasteiger partial charge is 0.507 e. The molecule has 19 heavy (non-hydrogen) atoms. The van der Waals surface area contributed by atoms with Crippen LogP contribution in [-0.2, 0) is 0 Å². The molecule has 0 saturated heterocycles. The van der Waals surface area contributed by atoms with Gasteiger partial charge in [0.15, 0.2) is 0 Å². The van der Waals surface area contributed by atoms with E-state index in [1.165, 1.54) is 11.3 Å². The van der Waals surface area contributed by atoms with Gasteiger partial charge in [-0.05, 0) is 23.7 Å². The normalized spacial score (nSPS) is 10.3. The van der Waals surface area contributed by atoms with Crippen LogP contribution in [0.1, 0.15) is 0 Å². The zero-order chi connectivity index (χ0) is 13.2. The Hall–Kier alpha value is -2.56. The summed E-state index contributed by atoms with van der Waals surface area (Å²) in [5.74, 6) is 0.187. The average molecular weight is 268 g/mol. The molecule has 0 bridgehead atoms. The Morgan fingerprint density at radius 2 is 2.00 bits per heavy atom. The molecular weight excluding hydrogens is 260 g/mol. The molecule has 0 aliphatic rings. The maximum atomic E-state index is 9.85. The van der Waals surface area contributed by atoms with Gasteiger partial charge < -0.3 is 5.11 Å². The predicted octanol–water partition coefficient (Wildman–Crippen LogP) is 4.61. The molecule has 0 fully saturated rings. The van der Waals surface area contributed by atoms with Crippen molar-refractivity contribution < 1.29 is 5.11 Å². The highest BCUT2D eigenvalue weighted by atomic mass is 32.1. The maximum Gasteiger partial charge on any atom is 0.128 e. The van der Waals surface area contributed by atoms with E-state index >= 15 is 0 Å². The standard InChI is InChI=1S/C13H8N4OS/c14-17-16-9-5-3-7-11-12(9)15-13(19-11)8-4-1-2-6-10(8)18/h1-7,18H. The number of azide groups is 1. The van der Waals surface area contributed by atoms with E-state index < -0.39 is 0 Å². The van der Waals surface area contributed by atoms with Gasteiger partial charge in [-0.3, -0.25) is 0 Å². The molecule has 3 rings (SSSR count). The molecule has 6 heteroatoms. The van der Waals surface area contributed by atoms with E-state index in [-0.39, 0.29) is 5.75 Å². The lowest BCUT2D eigenvalue weighted by Crippen LogP contribution is -1.76. The highest BCUT2D eigenvalue weighted by Gasteiger charge is 2.11. The maximum absolute atomic E-state index is 9.85. The first-order chi connectivity index (χ1) is 9.29. The van der Waals surface area contributed by atoms with Crippen LogP contribution in [-0.4, -0.2) is 10.1 Å². The lowest BCUT2D eigenvalue weighted by atomic mass is 10.2. The minimum absolute atomic E-state index is 0.187. The number of thiazole rings is 1. The first kappa shape index (κ1) is 11.5. The van der Waals surface area contributed by atoms with E-state index in [0.717, 1.165) is 4.70 Å². The lowest BCUT2D eigenvalue weighted by molar-refractivity contribution is 0.477. The van der Waals surface area contributed by atoms with Gasteiger partial charge in [0.25, 0.3) is 0 Å². The molecule has 2 aromatic carbocycles. The third kappa shape index (κ3) is 1.99. The zero-order valence-electron chi connectivity index (χ0n) is 9.69. The van der Waals surface area contributed by atoms with Crippen molar-refractivity contribution in [2.45, 2.75) is 0 Å². The summed E-state index contributed by atoms with van der Waals surface area (Å²) in [6, 6.07) is 12.5. The number of hydrogen-bond acceptors (Lipinski definition) is 4. The minimum atomic E-state index is 0.187. The molecule has 0 aliphatic heterocycles. The fraction of sp³-hybridized carbons (Fsp3) is 0. The molecule has 0 spiro atoms. The highest BCUT2D eigenvalue weighted by Crippen LogP contribution is 2.37. The molecule has 0 atom stereocenters. The second-order valence-electron chi connectivity index (χ2n) is 3.85. The molecule has 0 radical (unpaired) electrons. The molecule has 0 amide bonds. The van der Waals surface area contributed by atoms with Crippen molar-refractivity contribution in [3.63, 3.8) is 0 Å². The van der Waals surface area contributed by atoms with Crippen molar-refractivity contribution in [2.24, 2.45) is 5.11 Å². The minimum Gasteiger partial charge on any atom is -0.507 e. The molecule has 0 saturated carbocycles. The van der Waals surface area contributed by atoms with Gasteiger partial charge in [-0.2, -0.15) is 0 Å². The molecule has 1 aromatic heterocycles. The first-order valence-corrected chi connectivity index (χ1v) is 6.34. The molecule has 5 nitrogen and oxygen atoms in total. The quantitative estimate of drug-likeness (QED) is 0.418. The van der Waals surface area contributed by atoms with Crippen molar-refractivity contribution in [1.82, 2.24) is 4.98 Å². The lowest BCUT2D eigenvalue weighted by Gasteiger charge is -1.98. The number of fused-ring (bicyclic) bond motifs is 1. The molecule has 92 valence electrons. The number of hydrogen-bond donors (Lipinski definition) is 1. The predicted molar refractivity (Wildman–Crippen MR) is 75.5 cm³/mol. The number of aromatic hydroxyl groups is 1. The van der Waals surface area contributed by atoms with Crippen molar-refractivity contribution in [1.29, 1.82) is 0 Å². The third-order valence-corrected chi connectivity index (χ3v) is 3.74. The van der Waals surface area contributed by atoms with Gasteiger partial charge in [-0.25, -0.2) is 4.98 Å². The summed E-state index contributed by atoms with van der Waals surface area (Å²) < 4.78 is 0.920. The number of para-hydroxylation sites is 2. The van der Waals surface area contributed by atoms with E-state index in [0.29, 0.717) is 21.8 Å². The summed E-state index contributed by atoms with van der Waals surface area (Å²) in [4.78, 5) is 7.25. The van der Waals surface area contributed by atoms with E-state index in [4.69, 9.17) is 5.53 Å². The molecular formula is C13H8N4OS. The summed E-state index contributed by atoms with van der Waals surface area (Å²) in [5, 5.41) is 14.2. The Morgan fingerprint density at radius 3 is 2.79 bits per heavy atom. The molecule has 0 unspecified atom stereocenters. The first-order valence-electron chi connectivity index (χ1n) is 5.52. The number of nitrogens with zero attached hydrogens (tertiary/aromatic N) is 4. The van der Waals surface area contributed by atoms with E-state index in [1.54, 1.807) is 24.3 Å². The second-order valence-corrected chi connectivity index (χ2v) is 4.88. The van der Waals surface area contributed by atoms with Gasteiger partial charge in [0.05, 0.1) is 21.5 Å². The number of aromatic nitrogens is 1. The van der Waals surface area contributed by atoms with Crippen LogP contribution in [0.4, 0.5) is 5.69 Å². The van der Waals surface area contributed by atoms with Gasteiger partial charge in [-0.15, -0.1) is 11.3 Å². The van der Waals surface area contributed by atoms with Crippen molar-refractivity contribution in [2.75, 3.05) is 0 Å². The fourth-order valence-corrected chi connectivity index (χ4v) is 2.85. The van der Waals surface area contributed by atoms with E-state index in [9.17, 15) is 5.11 Å². The summed E-state index contributed by atoms with van der Waals surface area (Å²) >= 11 is 1.45. The van der Waals surface area contributed by atoms with Crippen molar-refractivity contribution >= 4 is 27.2 Å². The summed E-state index contributed by atoms with van der Waals surface area (Å²) in [5.41, 5.74) is 10.4. The van der Waals surface area contributed by atoms with Crippen LogP contribution < -0.4 is 0 Å². The van der Waals surface area contributed by atoms with Gasteiger partial charge in [0, 0.05) is 4.91 Å². The summed E-state index contributed by atoms with van der Waals surface area (Å²) in [7, 11) is 0. The Balaban J connectivity index is 2.25. The van der Waals surface area contributed by atoms with Crippen LogP contribution in [0.15, 0.2) is 47.6 Å². The van der Waals surface area contributed by atoms with Crippen LogP contribution in [0.25, 0.3) is 31.2 Å². The Kier molecular flexibility index (Phi) is 2.79. The van der Waals surface area contributed by atoms with E-state index in [1.807, 2.05) is 18.2 Å². The highest BCUT2D eigenvalue weighted by molar-refractivity contribution is 7.21. The zero-order valence-corrected chi connectivity index (χ0v) is 10.5. The number of rotatable bonds is 2. The van der Waals surface area contributed by atoms with Gasteiger partial charge in [0.2, 0.25) is 0 Å². The number of phenolic OH excluding ortho intramolecular Hbond substituents is 1. The Bertz CT molecular complexity index is 805. The van der Waals surface area contributed by atoms with Crippen LogP contribution in [0, 0.1) is 0 Å². The van der Waals surface area contributed by atoms with Crippen LogP contribution in [0.3, 0.4) is 0 Å². The number of phenols is 1. The fourth-order valence-electron chi connectivity index (χ4n) is 1.83. The molecule has 0 aliphatic carbocycles. The van der Waals surface area contributed by atoms with Gasteiger partial charge in [0.1, 0.15) is 10.8 Å². The Labute approximate surface area is 112 Å². The third-order valence-electron chi connectivity index (χ3n) is 2.68. The van der Waals surface area contributed by atoms with Crippen molar-refractivity contribution in [3.05, 3.63) is 52.9 Å². The SMILES string of the molecule is [N-]=[N+]=Nc1cccc2sc(-c3ccccc3O)nc12. The summed E-state index contributed by atoms with van der Waals surface area (Å²) in [6.07, 6.45) is 0. The summed E-state index contributed by atoms with van der Waals surface area (Å²) in [6.45, 7) is 0. The van der Waals surface area contributed by atoms with Crippen LogP contribution >= 0.6 is 11.3 Å². The number of benzene rings is 2.